The molecule has 0 aromatic heterocycles. The minimum absolute atomic E-state index is 0.404. The molecule has 4 amide bonds. The Morgan fingerprint density at radius 3 is 1.55 bits per heavy atom. The van der Waals surface area contributed by atoms with E-state index < -0.39 is 12.1 Å². The van der Waals surface area contributed by atoms with E-state index in [0.717, 1.165) is 5.56 Å². The van der Waals surface area contributed by atoms with Crippen molar-refractivity contribution in [2.75, 3.05) is 21.3 Å². The highest BCUT2D eigenvalue weighted by Crippen LogP contribution is 2.22. The van der Waals surface area contributed by atoms with Crippen molar-refractivity contribution in [3.05, 3.63) is 82.3 Å². The summed E-state index contributed by atoms with van der Waals surface area (Å²) in [5.41, 5.74) is 3.17. The molecule has 0 saturated carbocycles. The zero-order valence-corrected chi connectivity index (χ0v) is 16.9. The van der Waals surface area contributed by atoms with E-state index in [1.54, 1.807) is 66.7 Å². The van der Waals surface area contributed by atoms with Crippen LogP contribution in [-0.4, -0.2) is 12.1 Å². The molecular formula is C21H18Cl2N4O2. The monoisotopic (exact) mass is 428 g/mol. The highest BCUT2D eigenvalue weighted by Gasteiger charge is 2.08. The first-order valence-electron chi connectivity index (χ1n) is 8.67. The number of nitrogens with one attached hydrogen (secondary N) is 4. The minimum atomic E-state index is -0.409. The highest BCUT2D eigenvalue weighted by molar-refractivity contribution is 6.31. The number of anilines is 4. The molecule has 0 radical (unpaired) electrons. The standard InChI is InChI=1S/C21H18Cl2N4O2/c1-13-2-7-18(26-20(28)24-16-8-3-14(22)4-9-16)12-19(13)27-21(29)25-17-10-5-15(23)6-11-17/h2-12H,1H3,(H2,24,26,28)(H2,25,27,29). The van der Waals surface area contributed by atoms with Crippen molar-refractivity contribution in [1.29, 1.82) is 0 Å². The van der Waals surface area contributed by atoms with Crippen molar-refractivity contribution in [2.45, 2.75) is 6.92 Å². The zero-order chi connectivity index (χ0) is 20.8. The Balaban J connectivity index is 1.62. The molecule has 0 aliphatic rings. The van der Waals surface area contributed by atoms with Gasteiger partial charge in [0.05, 0.1) is 0 Å². The van der Waals surface area contributed by atoms with Gasteiger partial charge in [0.15, 0.2) is 0 Å². The van der Waals surface area contributed by atoms with Gasteiger partial charge in [-0.2, -0.15) is 0 Å². The average Bonchev–Trinajstić information content (AvgIpc) is 2.68. The lowest BCUT2D eigenvalue weighted by atomic mass is 10.2. The number of carbonyl (C=O) groups is 2. The van der Waals surface area contributed by atoms with Crippen LogP contribution in [0.2, 0.25) is 10.0 Å². The molecular weight excluding hydrogens is 411 g/mol. The number of carbonyl (C=O) groups excluding carboxylic acids is 2. The molecule has 0 heterocycles. The van der Waals surface area contributed by atoms with Gasteiger partial charge in [0.1, 0.15) is 0 Å². The van der Waals surface area contributed by atoms with Crippen LogP contribution >= 0.6 is 23.2 Å². The largest absolute Gasteiger partial charge is 0.323 e. The quantitative estimate of drug-likeness (QED) is 0.377. The van der Waals surface area contributed by atoms with Gasteiger partial charge in [-0.1, -0.05) is 29.3 Å². The first kappa shape index (κ1) is 20.5. The van der Waals surface area contributed by atoms with E-state index in [-0.39, 0.29) is 0 Å². The lowest BCUT2D eigenvalue weighted by Crippen LogP contribution is -2.21. The molecule has 29 heavy (non-hydrogen) atoms. The van der Waals surface area contributed by atoms with E-state index in [4.69, 9.17) is 23.2 Å². The zero-order valence-electron chi connectivity index (χ0n) is 15.4. The van der Waals surface area contributed by atoms with Crippen LogP contribution in [-0.2, 0) is 0 Å². The number of rotatable bonds is 4. The molecule has 3 rings (SSSR count). The van der Waals surface area contributed by atoms with E-state index >= 15 is 0 Å². The maximum Gasteiger partial charge on any atom is 0.323 e. The van der Waals surface area contributed by atoms with Crippen molar-refractivity contribution >= 4 is 58.0 Å². The van der Waals surface area contributed by atoms with Crippen LogP contribution in [0.1, 0.15) is 5.56 Å². The van der Waals surface area contributed by atoms with Gasteiger partial charge in [-0.3, -0.25) is 0 Å². The molecule has 148 valence electrons. The SMILES string of the molecule is Cc1ccc(NC(=O)Nc2ccc(Cl)cc2)cc1NC(=O)Nc1ccc(Cl)cc1. The van der Waals surface area contributed by atoms with Crippen LogP contribution in [0.5, 0.6) is 0 Å². The summed E-state index contributed by atoms with van der Waals surface area (Å²) in [6.07, 6.45) is 0. The number of amides is 4. The van der Waals surface area contributed by atoms with Crippen molar-refractivity contribution in [3.63, 3.8) is 0 Å². The molecule has 8 heteroatoms. The third-order valence-corrected chi connectivity index (χ3v) is 4.45. The summed E-state index contributed by atoms with van der Waals surface area (Å²) in [5.74, 6) is 0. The van der Waals surface area contributed by atoms with Crippen LogP contribution in [0.25, 0.3) is 0 Å². The number of benzene rings is 3. The van der Waals surface area contributed by atoms with Crippen LogP contribution in [0.3, 0.4) is 0 Å². The summed E-state index contributed by atoms with van der Waals surface area (Å²) < 4.78 is 0. The van der Waals surface area contributed by atoms with Crippen molar-refractivity contribution in [2.24, 2.45) is 0 Å². The Kier molecular flexibility index (Phi) is 6.59. The normalized spacial score (nSPS) is 10.2. The van der Waals surface area contributed by atoms with Crippen LogP contribution in [0.15, 0.2) is 66.7 Å². The number of hydrogen-bond donors (Lipinski definition) is 4. The van der Waals surface area contributed by atoms with E-state index in [1.165, 1.54) is 0 Å². The summed E-state index contributed by atoms with van der Waals surface area (Å²) >= 11 is 11.7. The fraction of sp³-hybridized carbons (Fsp3) is 0.0476. The second-order valence-electron chi connectivity index (χ2n) is 6.20. The van der Waals surface area contributed by atoms with Gasteiger partial charge in [-0.15, -0.1) is 0 Å². The predicted molar refractivity (Wildman–Crippen MR) is 119 cm³/mol. The van der Waals surface area contributed by atoms with Gasteiger partial charge in [0.25, 0.3) is 0 Å². The summed E-state index contributed by atoms with van der Waals surface area (Å²) in [7, 11) is 0. The third-order valence-electron chi connectivity index (χ3n) is 3.95. The topological polar surface area (TPSA) is 82.3 Å². The Bertz CT molecular complexity index is 1020. The van der Waals surface area contributed by atoms with Gasteiger partial charge < -0.3 is 21.3 Å². The van der Waals surface area contributed by atoms with Gasteiger partial charge in [0.2, 0.25) is 0 Å². The second-order valence-corrected chi connectivity index (χ2v) is 7.07. The molecule has 0 bridgehead atoms. The van der Waals surface area contributed by atoms with Crippen LogP contribution in [0.4, 0.5) is 32.3 Å². The van der Waals surface area contributed by atoms with Crippen molar-refractivity contribution in [3.8, 4) is 0 Å². The Morgan fingerprint density at radius 1 is 0.621 bits per heavy atom. The lowest BCUT2D eigenvalue weighted by Gasteiger charge is -2.13. The van der Waals surface area contributed by atoms with E-state index in [9.17, 15) is 9.59 Å². The fourth-order valence-corrected chi connectivity index (χ4v) is 2.73. The van der Waals surface area contributed by atoms with Gasteiger partial charge >= 0.3 is 12.1 Å². The first-order chi connectivity index (χ1) is 13.9. The molecule has 0 atom stereocenters. The third kappa shape index (κ3) is 6.14. The van der Waals surface area contributed by atoms with E-state index in [1.807, 2.05) is 6.92 Å². The molecule has 3 aromatic rings. The molecule has 0 aliphatic heterocycles. The van der Waals surface area contributed by atoms with Crippen LogP contribution < -0.4 is 21.3 Å². The summed E-state index contributed by atoms with van der Waals surface area (Å²) in [6, 6.07) is 18.0. The van der Waals surface area contributed by atoms with Crippen LogP contribution in [0, 0.1) is 6.92 Å². The number of aryl methyl sites for hydroxylation is 1. The molecule has 0 spiro atoms. The number of urea groups is 2. The maximum atomic E-state index is 12.3. The number of halogens is 2. The predicted octanol–water partition coefficient (Wildman–Crippen LogP) is 6.59. The van der Waals surface area contributed by atoms with E-state index in [2.05, 4.69) is 21.3 Å². The molecule has 3 aromatic carbocycles. The second kappa shape index (κ2) is 9.32. The highest BCUT2D eigenvalue weighted by atomic mass is 35.5. The van der Waals surface area contributed by atoms with Gasteiger partial charge in [-0.25, -0.2) is 9.59 Å². The van der Waals surface area contributed by atoms with Gasteiger partial charge in [-0.05, 0) is 73.2 Å². The van der Waals surface area contributed by atoms with E-state index in [0.29, 0.717) is 32.8 Å². The Labute approximate surface area is 178 Å². The fourth-order valence-electron chi connectivity index (χ4n) is 2.48. The Morgan fingerprint density at radius 2 is 1.03 bits per heavy atom. The summed E-state index contributed by atoms with van der Waals surface area (Å²) in [6.45, 7) is 1.86. The molecule has 0 saturated heterocycles. The molecule has 4 N–H and O–H groups in total. The van der Waals surface area contributed by atoms with Crippen molar-refractivity contribution < 1.29 is 9.59 Å². The molecule has 0 unspecified atom stereocenters. The molecule has 0 fully saturated rings. The maximum absolute atomic E-state index is 12.3. The lowest BCUT2D eigenvalue weighted by molar-refractivity contribution is 0.261. The van der Waals surface area contributed by atoms with Crippen molar-refractivity contribution in [1.82, 2.24) is 0 Å². The Hall–Kier alpha value is -3.22. The summed E-state index contributed by atoms with van der Waals surface area (Å²) in [4.78, 5) is 24.4. The number of hydrogen-bond acceptors (Lipinski definition) is 2. The summed E-state index contributed by atoms with van der Waals surface area (Å²) in [5, 5.41) is 12.1. The molecule has 6 nitrogen and oxygen atoms in total. The first-order valence-corrected chi connectivity index (χ1v) is 9.42. The molecule has 0 aliphatic carbocycles. The van der Waals surface area contributed by atoms with Gasteiger partial charge in [0, 0.05) is 32.8 Å². The smallest absolute Gasteiger partial charge is 0.308 e. The minimum Gasteiger partial charge on any atom is -0.308 e. The average molecular weight is 429 g/mol.